The molecule has 0 heterocycles. The van der Waals surface area contributed by atoms with Crippen LogP contribution in [-0.2, 0) is 21.3 Å². The van der Waals surface area contributed by atoms with Crippen LogP contribution in [0.25, 0.3) is 11.1 Å². The van der Waals surface area contributed by atoms with Crippen molar-refractivity contribution in [1.82, 2.24) is 0 Å². The zero-order valence-corrected chi connectivity index (χ0v) is 22.2. The molecular formula is C26H30Cl2Zr. The zero-order chi connectivity index (χ0) is 19.3. The van der Waals surface area contributed by atoms with E-state index in [9.17, 15) is 0 Å². The van der Waals surface area contributed by atoms with Crippen LogP contribution in [0.1, 0.15) is 62.7 Å². The Kier molecular flexibility index (Phi) is 7.76. The molecule has 0 nitrogen and oxygen atoms in total. The topological polar surface area (TPSA) is 0 Å². The molecular weight excluding hydrogens is 474 g/mol. The van der Waals surface area contributed by atoms with Crippen molar-refractivity contribution in [3.05, 3.63) is 80.2 Å². The van der Waals surface area contributed by atoms with Crippen LogP contribution < -0.4 is 24.8 Å². The number of benzene rings is 2. The van der Waals surface area contributed by atoms with Gasteiger partial charge in [-0.15, -0.1) is 0 Å². The number of fused-ring (bicyclic) bond motifs is 3. The van der Waals surface area contributed by atoms with E-state index in [1.54, 1.807) is 19.9 Å². The summed E-state index contributed by atoms with van der Waals surface area (Å²) in [6.07, 6.45) is 3.67. The van der Waals surface area contributed by atoms with Crippen molar-refractivity contribution in [1.29, 1.82) is 0 Å². The first kappa shape index (κ1) is 24.5. The Morgan fingerprint density at radius 2 is 1.34 bits per heavy atom. The van der Waals surface area contributed by atoms with Crippen molar-refractivity contribution in [2.45, 2.75) is 51.6 Å². The van der Waals surface area contributed by atoms with E-state index in [-0.39, 0.29) is 30.2 Å². The quantitative estimate of drug-likeness (QED) is 0.578. The molecule has 2 aromatic rings. The molecule has 2 aliphatic carbocycles. The van der Waals surface area contributed by atoms with E-state index in [4.69, 9.17) is 0 Å². The Morgan fingerprint density at radius 3 is 1.79 bits per heavy atom. The Morgan fingerprint density at radius 1 is 0.862 bits per heavy atom. The molecule has 0 amide bonds. The van der Waals surface area contributed by atoms with Gasteiger partial charge in [-0.2, -0.15) is 0 Å². The van der Waals surface area contributed by atoms with E-state index in [1.165, 1.54) is 23.1 Å². The van der Waals surface area contributed by atoms with Gasteiger partial charge in [-0.1, -0.05) is 0 Å². The fraction of sp³-hybridized carbons (Fsp3) is 0.346. The Labute approximate surface area is 196 Å². The third-order valence-electron chi connectivity index (χ3n) is 6.04. The van der Waals surface area contributed by atoms with E-state index >= 15 is 0 Å². The van der Waals surface area contributed by atoms with Gasteiger partial charge in [-0.3, -0.25) is 0 Å². The number of hydrogen-bond donors (Lipinski definition) is 0. The molecule has 0 saturated heterocycles. The molecule has 0 radical (unpaired) electrons. The van der Waals surface area contributed by atoms with E-state index in [1.807, 2.05) is 3.28 Å². The van der Waals surface area contributed by atoms with Crippen molar-refractivity contribution >= 4 is 3.21 Å². The average molecular weight is 505 g/mol. The molecule has 0 fully saturated rings. The van der Waals surface area contributed by atoms with E-state index in [0.717, 1.165) is 0 Å². The summed E-state index contributed by atoms with van der Waals surface area (Å²) in [4.78, 5) is 0. The summed E-state index contributed by atoms with van der Waals surface area (Å²) in [5, 5.41) is 0. The molecule has 0 aliphatic heterocycles. The second-order valence-corrected chi connectivity index (χ2v) is 16.6. The minimum absolute atomic E-state index is 0. The average Bonchev–Trinajstić information content (AvgIpc) is 3.15. The Balaban J connectivity index is 0.00000150. The summed E-state index contributed by atoms with van der Waals surface area (Å²) in [5.41, 5.74) is 9.53. The van der Waals surface area contributed by atoms with Crippen molar-refractivity contribution in [3.63, 3.8) is 0 Å². The molecule has 0 unspecified atom stereocenters. The first-order chi connectivity index (χ1) is 12.8. The third kappa shape index (κ3) is 4.21. The van der Waals surface area contributed by atoms with Crippen LogP contribution in [-0.4, -0.2) is 3.21 Å². The van der Waals surface area contributed by atoms with Gasteiger partial charge in [0.2, 0.25) is 0 Å². The SMILES string of the molecule is CC1=CC[C]([Zr+2](=[C](C)C)[CH]2c3ccccc3-c3ccccc32)=C1C(C)(C)C.[Cl-].[Cl-]. The molecule has 0 aromatic heterocycles. The maximum absolute atomic E-state index is 2.49. The van der Waals surface area contributed by atoms with Crippen LogP contribution >= 0.6 is 0 Å². The molecule has 4 rings (SSSR count). The van der Waals surface area contributed by atoms with Gasteiger partial charge >= 0.3 is 173 Å². The normalized spacial score (nSPS) is 14.9. The molecule has 0 atom stereocenters. The number of allylic oxidation sites excluding steroid dienone is 4. The summed E-state index contributed by atoms with van der Waals surface area (Å²) >= 11 is -2.08. The van der Waals surface area contributed by atoms with Gasteiger partial charge in [-0.25, -0.2) is 0 Å². The van der Waals surface area contributed by atoms with Crippen LogP contribution in [0.2, 0.25) is 0 Å². The van der Waals surface area contributed by atoms with Gasteiger partial charge in [0.15, 0.2) is 0 Å². The molecule has 2 aromatic carbocycles. The molecule has 152 valence electrons. The zero-order valence-electron chi connectivity index (χ0n) is 18.2. The third-order valence-corrected chi connectivity index (χ3v) is 14.4. The molecule has 2 aliphatic rings. The monoisotopic (exact) mass is 502 g/mol. The van der Waals surface area contributed by atoms with Crippen LogP contribution in [0.3, 0.4) is 0 Å². The van der Waals surface area contributed by atoms with Crippen LogP contribution in [0.4, 0.5) is 0 Å². The molecule has 0 saturated carbocycles. The standard InChI is InChI=1S/C13H9.C10H15.C3H6.2ClH.Zr/c1-3-7-12-10(5-1)9-11-6-2-4-8-13(11)12;1-8-6-5-7-9(8)10(2,3)4;1-3-2;;;/h1-9H;6H,5H2,1-4H3;1-2H3;2*1H;/q;;;;;+2/p-2. The number of hydrogen-bond acceptors (Lipinski definition) is 0. The molecule has 0 N–H and O–H groups in total. The molecule has 0 bridgehead atoms. The minimum Gasteiger partial charge on any atom is -1.00 e. The first-order valence-electron chi connectivity index (χ1n) is 10.1. The molecule has 0 spiro atoms. The van der Waals surface area contributed by atoms with Gasteiger partial charge in [-0.05, 0) is 0 Å². The van der Waals surface area contributed by atoms with Crippen molar-refractivity contribution < 1.29 is 46.1 Å². The van der Waals surface area contributed by atoms with Gasteiger partial charge in [0.1, 0.15) is 0 Å². The summed E-state index contributed by atoms with van der Waals surface area (Å²) in [6, 6.07) is 18.3. The predicted molar refractivity (Wildman–Crippen MR) is 115 cm³/mol. The van der Waals surface area contributed by atoms with Crippen molar-refractivity contribution in [2.75, 3.05) is 0 Å². The van der Waals surface area contributed by atoms with Gasteiger partial charge in [0.05, 0.1) is 0 Å². The van der Waals surface area contributed by atoms with E-state index in [0.29, 0.717) is 3.63 Å². The van der Waals surface area contributed by atoms with E-state index in [2.05, 4.69) is 96.1 Å². The second-order valence-electron chi connectivity index (χ2n) is 9.22. The molecule has 29 heavy (non-hydrogen) atoms. The fourth-order valence-electron chi connectivity index (χ4n) is 5.22. The number of halogens is 2. The largest absolute Gasteiger partial charge is 1.00 e. The smallest absolute Gasteiger partial charge is 1.00 e. The van der Waals surface area contributed by atoms with Gasteiger partial charge < -0.3 is 24.8 Å². The van der Waals surface area contributed by atoms with Crippen LogP contribution in [0.15, 0.2) is 69.0 Å². The van der Waals surface area contributed by atoms with Gasteiger partial charge in [0, 0.05) is 0 Å². The minimum atomic E-state index is -2.08. The summed E-state index contributed by atoms with van der Waals surface area (Å²) in [5.74, 6) is 0. The first-order valence-corrected chi connectivity index (χ1v) is 13.9. The number of rotatable bonds is 2. The van der Waals surface area contributed by atoms with Gasteiger partial charge in [0.25, 0.3) is 0 Å². The summed E-state index contributed by atoms with van der Waals surface area (Å²) in [7, 11) is 0. The van der Waals surface area contributed by atoms with Crippen molar-refractivity contribution in [2.24, 2.45) is 5.41 Å². The summed E-state index contributed by atoms with van der Waals surface area (Å²) < 4.78 is 4.17. The van der Waals surface area contributed by atoms with Crippen LogP contribution in [0, 0.1) is 5.41 Å². The molecule has 3 heteroatoms. The predicted octanol–water partition coefficient (Wildman–Crippen LogP) is 1.25. The maximum atomic E-state index is 2.49. The Hall–Kier alpha value is -0.747. The second kappa shape index (κ2) is 9.17. The fourth-order valence-corrected chi connectivity index (χ4v) is 14.6. The summed E-state index contributed by atoms with van der Waals surface area (Å²) in [6.45, 7) is 14.3. The Bertz CT molecular complexity index is 969. The maximum Gasteiger partial charge on any atom is -1.00 e. The van der Waals surface area contributed by atoms with E-state index < -0.39 is 21.3 Å². The van der Waals surface area contributed by atoms with Crippen LogP contribution in [0.5, 0.6) is 0 Å². The van der Waals surface area contributed by atoms with Crippen molar-refractivity contribution in [3.8, 4) is 11.1 Å².